The van der Waals surface area contributed by atoms with Gasteiger partial charge in [0.15, 0.2) is 0 Å². The van der Waals surface area contributed by atoms with Crippen LogP contribution < -0.4 is 5.73 Å². The lowest BCUT2D eigenvalue weighted by Crippen LogP contribution is -2.13. The molecule has 4 nitrogen and oxygen atoms in total. The Balaban J connectivity index is 2.13. The van der Waals surface area contributed by atoms with Crippen LogP contribution in [0.25, 0.3) is 5.52 Å². The van der Waals surface area contributed by atoms with Crippen molar-refractivity contribution in [2.75, 3.05) is 0 Å². The Morgan fingerprint density at radius 2 is 2.06 bits per heavy atom. The fourth-order valence-corrected chi connectivity index (χ4v) is 2.16. The zero-order valence-electron chi connectivity index (χ0n) is 10.1. The van der Waals surface area contributed by atoms with Crippen molar-refractivity contribution >= 4 is 5.52 Å². The maximum atomic E-state index is 6.33. The van der Waals surface area contributed by atoms with Gasteiger partial charge < -0.3 is 5.73 Å². The van der Waals surface area contributed by atoms with E-state index >= 15 is 0 Å². The number of aryl methyl sites for hydroxylation is 1. The van der Waals surface area contributed by atoms with Gasteiger partial charge in [0.05, 0.1) is 17.8 Å². The molecule has 0 aliphatic carbocycles. The van der Waals surface area contributed by atoms with E-state index < -0.39 is 0 Å². The van der Waals surface area contributed by atoms with E-state index in [1.165, 1.54) is 0 Å². The van der Waals surface area contributed by atoms with E-state index in [9.17, 15) is 0 Å². The second-order valence-electron chi connectivity index (χ2n) is 4.34. The minimum Gasteiger partial charge on any atom is -0.320 e. The van der Waals surface area contributed by atoms with E-state index in [2.05, 4.69) is 10.1 Å². The molecule has 0 spiro atoms. The normalized spacial score (nSPS) is 12.8. The summed E-state index contributed by atoms with van der Waals surface area (Å²) in [6, 6.07) is 7.74. The Kier molecular flexibility index (Phi) is 2.57. The molecular weight excluding hydrogens is 224 g/mol. The van der Waals surface area contributed by atoms with Gasteiger partial charge in [-0.2, -0.15) is 5.10 Å². The number of nitrogens with zero attached hydrogens (tertiary/aromatic N) is 3. The molecule has 1 atom stereocenters. The lowest BCUT2D eigenvalue weighted by atomic mass is 9.99. The van der Waals surface area contributed by atoms with Gasteiger partial charge in [-0.1, -0.05) is 6.07 Å². The van der Waals surface area contributed by atoms with Crippen LogP contribution in [0.4, 0.5) is 0 Å². The van der Waals surface area contributed by atoms with Crippen molar-refractivity contribution in [1.82, 2.24) is 14.6 Å². The summed E-state index contributed by atoms with van der Waals surface area (Å²) in [5.41, 5.74) is 10.6. The maximum Gasteiger partial charge on any atom is 0.0712 e. The highest BCUT2D eigenvalue weighted by Gasteiger charge is 2.15. The second-order valence-corrected chi connectivity index (χ2v) is 4.34. The molecule has 0 amide bonds. The van der Waals surface area contributed by atoms with Crippen molar-refractivity contribution in [3.05, 3.63) is 65.7 Å². The fraction of sp³-hybridized carbons (Fsp3) is 0.143. The molecule has 0 saturated carbocycles. The van der Waals surface area contributed by atoms with Gasteiger partial charge in [0, 0.05) is 24.2 Å². The molecule has 0 aliphatic rings. The summed E-state index contributed by atoms with van der Waals surface area (Å²) in [4.78, 5) is 4.15. The van der Waals surface area contributed by atoms with Crippen molar-refractivity contribution in [3.63, 3.8) is 0 Å². The van der Waals surface area contributed by atoms with Gasteiger partial charge in [-0.05, 0) is 36.2 Å². The van der Waals surface area contributed by atoms with Crippen LogP contribution in [0.5, 0.6) is 0 Å². The minimum absolute atomic E-state index is 0.196. The largest absolute Gasteiger partial charge is 0.320 e. The first kappa shape index (κ1) is 10.9. The molecule has 0 aromatic carbocycles. The van der Waals surface area contributed by atoms with Crippen LogP contribution in [0.2, 0.25) is 0 Å². The molecule has 0 aliphatic heterocycles. The van der Waals surface area contributed by atoms with E-state index in [1.54, 1.807) is 6.20 Å². The molecule has 0 radical (unpaired) electrons. The molecule has 1 unspecified atom stereocenters. The van der Waals surface area contributed by atoms with Gasteiger partial charge in [-0.25, -0.2) is 4.52 Å². The third-order valence-electron chi connectivity index (χ3n) is 3.21. The van der Waals surface area contributed by atoms with Crippen molar-refractivity contribution in [2.45, 2.75) is 13.0 Å². The molecule has 0 saturated heterocycles. The summed E-state index contributed by atoms with van der Waals surface area (Å²) in [7, 11) is 0. The van der Waals surface area contributed by atoms with E-state index in [-0.39, 0.29) is 6.04 Å². The van der Waals surface area contributed by atoms with Gasteiger partial charge in [-0.15, -0.1) is 0 Å². The fourth-order valence-electron chi connectivity index (χ4n) is 2.16. The van der Waals surface area contributed by atoms with Crippen molar-refractivity contribution in [3.8, 4) is 0 Å². The summed E-state index contributed by atoms with van der Waals surface area (Å²) in [6.07, 6.45) is 7.35. The smallest absolute Gasteiger partial charge is 0.0712 e. The third kappa shape index (κ3) is 1.67. The van der Waals surface area contributed by atoms with Crippen molar-refractivity contribution in [2.24, 2.45) is 5.73 Å². The summed E-state index contributed by atoms with van der Waals surface area (Å²) in [6.45, 7) is 2.04. The first-order chi connectivity index (χ1) is 8.77. The first-order valence-corrected chi connectivity index (χ1v) is 5.86. The molecule has 90 valence electrons. The zero-order chi connectivity index (χ0) is 12.5. The monoisotopic (exact) mass is 238 g/mol. The van der Waals surface area contributed by atoms with Gasteiger partial charge >= 0.3 is 0 Å². The van der Waals surface area contributed by atoms with Crippen molar-refractivity contribution in [1.29, 1.82) is 0 Å². The van der Waals surface area contributed by atoms with Gasteiger partial charge in [0.25, 0.3) is 0 Å². The highest BCUT2D eigenvalue weighted by Crippen LogP contribution is 2.24. The summed E-state index contributed by atoms with van der Waals surface area (Å²) < 4.78 is 1.83. The molecule has 3 aromatic heterocycles. The highest BCUT2D eigenvalue weighted by atomic mass is 15.2. The van der Waals surface area contributed by atoms with Crippen molar-refractivity contribution < 1.29 is 0 Å². The molecule has 3 aromatic rings. The van der Waals surface area contributed by atoms with Crippen LogP contribution in [-0.2, 0) is 0 Å². The number of hydrogen-bond acceptors (Lipinski definition) is 3. The Bertz CT molecular complexity index is 687. The molecule has 4 heteroatoms. The topological polar surface area (TPSA) is 56.2 Å². The van der Waals surface area contributed by atoms with Crippen LogP contribution >= 0.6 is 0 Å². The number of nitrogens with two attached hydrogens (primary N) is 1. The van der Waals surface area contributed by atoms with Crippen LogP contribution in [-0.4, -0.2) is 14.6 Å². The van der Waals surface area contributed by atoms with E-state index in [1.807, 2.05) is 54.3 Å². The maximum absolute atomic E-state index is 6.33. The average Bonchev–Trinajstić information content (AvgIpc) is 2.82. The Morgan fingerprint density at radius 3 is 2.89 bits per heavy atom. The predicted octanol–water partition coefficient (Wildman–Crippen LogP) is 2.09. The van der Waals surface area contributed by atoms with E-state index in [0.29, 0.717) is 0 Å². The Labute approximate surface area is 105 Å². The molecule has 3 heterocycles. The van der Waals surface area contributed by atoms with Crippen LogP contribution in [0.15, 0.2) is 49.1 Å². The van der Waals surface area contributed by atoms with Crippen LogP contribution in [0.1, 0.15) is 22.7 Å². The van der Waals surface area contributed by atoms with Crippen LogP contribution in [0, 0.1) is 6.92 Å². The SMILES string of the molecule is Cc1ccncc1C(N)c1cnn2ccccc12. The average molecular weight is 238 g/mol. The number of fused-ring (bicyclic) bond motifs is 1. The lowest BCUT2D eigenvalue weighted by molar-refractivity contribution is 0.860. The number of rotatable bonds is 2. The molecule has 3 rings (SSSR count). The quantitative estimate of drug-likeness (QED) is 0.743. The number of aromatic nitrogens is 3. The number of pyridine rings is 2. The predicted molar refractivity (Wildman–Crippen MR) is 70.2 cm³/mol. The number of hydrogen-bond donors (Lipinski definition) is 1. The molecule has 18 heavy (non-hydrogen) atoms. The van der Waals surface area contributed by atoms with E-state index in [0.717, 1.165) is 22.2 Å². The highest BCUT2D eigenvalue weighted by molar-refractivity contribution is 5.57. The summed E-state index contributed by atoms with van der Waals surface area (Å²) in [5, 5.41) is 4.31. The molecule has 2 N–H and O–H groups in total. The second kappa shape index (κ2) is 4.23. The molecule has 0 bridgehead atoms. The minimum atomic E-state index is -0.196. The van der Waals surface area contributed by atoms with Crippen LogP contribution in [0.3, 0.4) is 0 Å². The standard InChI is InChI=1S/C14H14N4/c1-10-5-6-16-8-11(10)14(15)12-9-17-18-7-3-2-4-13(12)18/h2-9,14H,15H2,1H3. The summed E-state index contributed by atoms with van der Waals surface area (Å²) >= 11 is 0. The Hall–Kier alpha value is -2.20. The summed E-state index contributed by atoms with van der Waals surface area (Å²) in [5.74, 6) is 0. The third-order valence-corrected chi connectivity index (χ3v) is 3.21. The zero-order valence-corrected chi connectivity index (χ0v) is 10.1. The lowest BCUT2D eigenvalue weighted by Gasteiger charge is -2.12. The molecule has 0 fully saturated rings. The van der Waals surface area contributed by atoms with E-state index in [4.69, 9.17) is 5.73 Å². The molecular formula is C14H14N4. The first-order valence-electron chi connectivity index (χ1n) is 5.86. The Morgan fingerprint density at radius 1 is 1.17 bits per heavy atom. The van der Waals surface area contributed by atoms with Gasteiger partial charge in [0.1, 0.15) is 0 Å². The van der Waals surface area contributed by atoms with Gasteiger partial charge in [-0.3, -0.25) is 4.98 Å². The van der Waals surface area contributed by atoms with Gasteiger partial charge in [0.2, 0.25) is 0 Å².